The van der Waals surface area contributed by atoms with E-state index in [-0.39, 0.29) is 64.3 Å². The number of nitrogens with two attached hydrogens (primary N) is 1. The van der Waals surface area contributed by atoms with Crippen molar-refractivity contribution >= 4 is 56.4 Å². The predicted molar refractivity (Wildman–Crippen MR) is 105 cm³/mol. The van der Waals surface area contributed by atoms with Crippen LogP contribution in [0.5, 0.6) is 0 Å². The molecule has 0 saturated carbocycles. The average Bonchev–Trinajstić information content (AvgIpc) is 3.15. The molecule has 4 N–H and O–H groups in total. The van der Waals surface area contributed by atoms with Crippen molar-refractivity contribution in [1.29, 1.82) is 0 Å². The van der Waals surface area contributed by atoms with Crippen LogP contribution in [-0.2, 0) is 29.5 Å². The van der Waals surface area contributed by atoms with Crippen LogP contribution in [0.4, 0.5) is 9.93 Å². The second-order valence-corrected chi connectivity index (χ2v) is 8.91. The Hall–Kier alpha value is -2.31. The number of thiazole rings is 1. The number of urea groups is 1. The third-order valence-electron chi connectivity index (χ3n) is 4.78. The molecule has 0 spiro atoms. The number of carbonyl (C=O) groups excluding carboxylic acids is 5. The summed E-state index contributed by atoms with van der Waals surface area (Å²) in [5.74, 6) is -4.03. The number of amides is 6. The van der Waals surface area contributed by atoms with Gasteiger partial charge in [0.25, 0.3) is 5.91 Å². The minimum atomic E-state index is -5.00. The fourth-order valence-electron chi connectivity index (χ4n) is 3.04. The topological polar surface area (TPSA) is 215 Å². The smallest absolute Gasteiger partial charge is 0.731 e. The number of piperazine rings is 1. The van der Waals surface area contributed by atoms with Crippen molar-refractivity contribution < 1.29 is 66.5 Å². The Labute approximate surface area is 213 Å². The van der Waals surface area contributed by atoms with E-state index in [1.165, 1.54) is 10.3 Å². The second kappa shape index (κ2) is 10.3. The first-order valence-electron chi connectivity index (χ1n) is 9.14. The van der Waals surface area contributed by atoms with Crippen molar-refractivity contribution in [1.82, 2.24) is 29.7 Å². The van der Waals surface area contributed by atoms with Crippen LogP contribution in [0.2, 0.25) is 0 Å². The number of anilines is 1. The summed E-state index contributed by atoms with van der Waals surface area (Å²) in [7, 11) is -5.00. The van der Waals surface area contributed by atoms with Gasteiger partial charge in [-0.1, -0.05) is 0 Å². The van der Waals surface area contributed by atoms with Gasteiger partial charge < -0.3 is 25.8 Å². The first-order valence-corrected chi connectivity index (χ1v) is 11.4. The minimum Gasteiger partial charge on any atom is -0.731 e. The number of β-lactam (4-membered cyclic amide) rings is 1. The molecule has 3 rings (SSSR count). The second-order valence-electron chi connectivity index (χ2n) is 6.72. The summed E-state index contributed by atoms with van der Waals surface area (Å²) in [6.07, 6.45) is 0. The van der Waals surface area contributed by atoms with E-state index in [1.807, 2.05) is 0 Å². The monoisotopic (exact) mass is 511 g/mol. The molecule has 0 radical (unpaired) electrons. The van der Waals surface area contributed by atoms with Gasteiger partial charge in [-0.05, 0) is 6.92 Å². The molecule has 1 aromatic rings. The van der Waals surface area contributed by atoms with Gasteiger partial charge in [-0.2, -0.15) is 0 Å². The third kappa shape index (κ3) is 5.61. The summed E-state index contributed by atoms with van der Waals surface area (Å²) in [6, 6.07) is -3.87. The van der Waals surface area contributed by atoms with Crippen LogP contribution in [0.15, 0.2) is 5.38 Å². The summed E-state index contributed by atoms with van der Waals surface area (Å²) in [5.41, 5.74) is 5.56. The van der Waals surface area contributed by atoms with Crippen molar-refractivity contribution in [3.8, 4) is 0 Å². The van der Waals surface area contributed by atoms with Crippen molar-refractivity contribution in [2.75, 3.05) is 31.9 Å². The van der Waals surface area contributed by atoms with Gasteiger partial charge in [0.15, 0.2) is 21.5 Å². The molecule has 0 bridgehead atoms. The number of aromatic nitrogens is 1. The zero-order valence-electron chi connectivity index (χ0n) is 17.5. The summed E-state index contributed by atoms with van der Waals surface area (Å²) in [4.78, 5) is 67.3. The van der Waals surface area contributed by atoms with Crippen LogP contribution < -0.4 is 45.9 Å². The summed E-state index contributed by atoms with van der Waals surface area (Å²) in [6.45, 7) is 1.41. The number of rotatable bonds is 6. The number of carbonyl (C=O) groups is 5. The molecule has 2 atom stereocenters. The van der Waals surface area contributed by atoms with E-state index in [0.29, 0.717) is 4.90 Å². The Morgan fingerprint density at radius 1 is 1.30 bits per heavy atom. The van der Waals surface area contributed by atoms with Gasteiger partial charge in [-0.15, -0.1) is 11.3 Å². The number of imide groups is 1. The van der Waals surface area contributed by atoms with Crippen molar-refractivity contribution in [2.45, 2.75) is 19.0 Å². The average molecular weight is 511 g/mol. The van der Waals surface area contributed by atoms with E-state index in [1.54, 1.807) is 6.92 Å². The zero-order valence-corrected chi connectivity index (χ0v) is 21.1. The molecule has 15 nitrogen and oxygen atoms in total. The van der Waals surface area contributed by atoms with E-state index in [9.17, 15) is 36.9 Å². The fraction of sp³-hybridized carbons (Fsp3) is 0.467. The molecule has 2 aliphatic heterocycles. The molecular weight excluding hydrogens is 493 g/mol. The molecule has 33 heavy (non-hydrogen) atoms. The van der Waals surface area contributed by atoms with Gasteiger partial charge in [0.1, 0.15) is 6.04 Å². The van der Waals surface area contributed by atoms with E-state index >= 15 is 0 Å². The maximum absolute atomic E-state index is 12.7. The van der Waals surface area contributed by atoms with Crippen molar-refractivity contribution in [3.63, 3.8) is 0 Å². The van der Waals surface area contributed by atoms with Crippen LogP contribution in [-0.4, -0.2) is 93.9 Å². The molecule has 0 aliphatic carbocycles. The van der Waals surface area contributed by atoms with Crippen LogP contribution in [0, 0.1) is 0 Å². The van der Waals surface area contributed by atoms with Crippen LogP contribution >= 0.6 is 11.3 Å². The molecule has 2 fully saturated rings. The van der Waals surface area contributed by atoms with Gasteiger partial charge in [-0.25, -0.2) is 22.5 Å². The largest absolute Gasteiger partial charge is 1.00 e. The predicted octanol–water partition coefficient (Wildman–Crippen LogP) is -6.04. The molecule has 174 valence electrons. The quantitative estimate of drug-likeness (QED) is 0.142. The zero-order chi connectivity index (χ0) is 23.8. The number of nitrogen functional groups attached to an aromatic ring is 1. The number of hydrogen-bond donors (Lipinski definition) is 3. The number of nitrogens with zero attached hydrogens (tertiary/aromatic N) is 4. The first kappa shape index (κ1) is 26.9. The van der Waals surface area contributed by atoms with Crippen molar-refractivity contribution in [3.05, 3.63) is 11.1 Å². The Morgan fingerprint density at radius 3 is 2.48 bits per heavy atom. The molecular formula is C15H18N7NaO8S2. The Balaban J connectivity index is 0.00000385. The fourth-order valence-corrected chi connectivity index (χ4v) is 4.31. The summed E-state index contributed by atoms with van der Waals surface area (Å²) >= 11 is 0.958. The molecule has 3 heterocycles. The molecule has 18 heteroatoms. The maximum Gasteiger partial charge on any atom is 1.00 e. The molecule has 2 unspecified atom stereocenters. The maximum atomic E-state index is 12.7. The summed E-state index contributed by atoms with van der Waals surface area (Å²) in [5, 5.41) is 5.92. The molecule has 2 aliphatic rings. The summed E-state index contributed by atoms with van der Waals surface area (Å²) < 4.78 is 32.8. The van der Waals surface area contributed by atoms with Crippen molar-refractivity contribution in [2.24, 2.45) is 0 Å². The number of likely N-dealkylation sites (N-methyl/N-ethyl adjacent to an activating group) is 1. The van der Waals surface area contributed by atoms with Crippen LogP contribution in [0.1, 0.15) is 18.7 Å². The van der Waals surface area contributed by atoms with E-state index in [2.05, 4.69) is 15.6 Å². The van der Waals surface area contributed by atoms with Gasteiger partial charge in [-0.3, -0.25) is 24.1 Å². The molecule has 0 aromatic carbocycles. The van der Waals surface area contributed by atoms with Gasteiger partial charge in [0.2, 0.25) is 5.91 Å². The van der Waals surface area contributed by atoms with E-state index < -0.39 is 58.6 Å². The number of hydrogen-bond acceptors (Lipinski definition) is 11. The third-order valence-corrected chi connectivity index (χ3v) is 6.34. The standard InChI is InChI=1S/C15H19N7O8S2.Na/c1-2-20-3-4-21(13(26)12(20)25)15(27)19-9(8-6-31-14(16)18-8)10(23)17-7-5-22(11(7)24)32(28,29)30;/h6-7,9H,2-5H2,1H3,(H2,16,18)(H,17,23)(H,19,27)(H,28,29,30);/q;+1/p-1. The normalized spacial score (nSPS) is 19.5. The first-order chi connectivity index (χ1) is 14.9. The van der Waals surface area contributed by atoms with E-state index in [4.69, 9.17) is 5.73 Å². The Bertz CT molecular complexity index is 1090. The minimum absolute atomic E-state index is 0. The Morgan fingerprint density at radius 2 is 1.97 bits per heavy atom. The van der Waals surface area contributed by atoms with E-state index in [0.717, 1.165) is 11.3 Å². The van der Waals surface area contributed by atoms with Gasteiger partial charge in [0, 0.05) is 25.0 Å². The molecule has 6 amide bonds. The van der Waals surface area contributed by atoms with Gasteiger partial charge in [0.05, 0.1) is 12.2 Å². The van der Waals surface area contributed by atoms with Crippen LogP contribution in [0.25, 0.3) is 0 Å². The Kier molecular flexibility index (Phi) is 8.41. The number of nitrogens with one attached hydrogen (secondary N) is 2. The van der Waals surface area contributed by atoms with Crippen LogP contribution in [0.3, 0.4) is 0 Å². The van der Waals surface area contributed by atoms with Gasteiger partial charge >= 0.3 is 47.4 Å². The molecule has 2 saturated heterocycles. The SMILES string of the molecule is CCN1CCN(C(=O)NC(C(=O)NC2CN(S(=O)(=O)[O-])C2=O)c2csc(N)n2)C(=O)C1=O.[Na+]. The molecule has 1 aromatic heterocycles.